The van der Waals surface area contributed by atoms with Crippen molar-refractivity contribution in [3.8, 4) is 45.4 Å². The van der Waals surface area contributed by atoms with Crippen LogP contribution in [0, 0.1) is 25.5 Å². The number of rotatable bonds is 16. The Morgan fingerprint density at radius 3 is 1.42 bits per heavy atom. The monoisotopic (exact) mass is 1480 g/mol. The Kier molecular flexibility index (Phi) is 20.9. The number of fused-ring (bicyclic) bond motifs is 4. The van der Waals surface area contributed by atoms with Gasteiger partial charge in [0.1, 0.15) is 5.52 Å². The second kappa shape index (κ2) is 30.0. The standard InChI is InChI=1S/C36H32F4N6O6.C30H28F4N6O.C6H5ClO5/c1-5-20-8-7-9-21(6-2)29(20)46-30(25-17-44(12-11-27(25)43-46)33-41-15-22(16-42-33)36(38,39)40)24-14-26(37)32(49-4)31-23(24)10-13-45(31)34(47)50-18-28-19(3)51-35(48)52-28;1-4-17-7-6-8-18(5-2)26(17)40-27(21-13-23(31)28(41-3)25-20(21)9-11-35-25)22-16-39(12-10-24(22)38-40)29-36-14-19(15-37-29)30(32,33)34;1-3-4(2-10-5(7)8)12-6(9)11-3/h7-10,13-16H,5-6,11-12,17-18H2,1-4H3;6-9,11,13-15,35H,4-5,10,12,16H2,1-3H3;2H2,1H3. The van der Waals surface area contributed by atoms with Crippen LogP contribution in [0.25, 0.3) is 55.7 Å². The van der Waals surface area contributed by atoms with Crippen LogP contribution in [0.5, 0.6) is 11.5 Å². The van der Waals surface area contributed by atoms with E-state index in [0.29, 0.717) is 84.3 Å². The summed E-state index contributed by atoms with van der Waals surface area (Å²) in [7, 11) is 2.71. The molecular weight excluding hydrogens is 1410 g/mol. The van der Waals surface area contributed by atoms with Crippen LogP contribution in [0.1, 0.15) is 107 Å². The summed E-state index contributed by atoms with van der Waals surface area (Å²) < 4.78 is 155. The summed E-state index contributed by atoms with van der Waals surface area (Å²) >= 11 is 4.88. The van der Waals surface area contributed by atoms with E-state index in [-0.39, 0.29) is 65.1 Å². The predicted octanol–water partition coefficient (Wildman–Crippen LogP) is 15.3. The molecule has 24 nitrogen and oxygen atoms in total. The minimum atomic E-state index is -4.59. The second-order valence-electron chi connectivity index (χ2n) is 24.1. The molecule has 2 aliphatic rings. The lowest BCUT2D eigenvalue weighted by molar-refractivity contribution is -0.138. The first-order valence-corrected chi connectivity index (χ1v) is 33.3. The number of anilines is 2. The van der Waals surface area contributed by atoms with Crippen molar-refractivity contribution in [2.24, 2.45) is 0 Å². The van der Waals surface area contributed by atoms with Gasteiger partial charge in [0.2, 0.25) is 11.9 Å². The van der Waals surface area contributed by atoms with E-state index in [9.17, 15) is 45.5 Å². The molecule has 10 heterocycles. The molecule has 4 aromatic carbocycles. The Hall–Kier alpha value is -11.6. The van der Waals surface area contributed by atoms with Gasteiger partial charge in [-0.25, -0.2) is 61.8 Å². The van der Waals surface area contributed by atoms with Gasteiger partial charge in [-0.2, -0.15) is 36.5 Å². The van der Waals surface area contributed by atoms with E-state index < -0.39 is 64.9 Å². The van der Waals surface area contributed by atoms with Gasteiger partial charge in [-0.3, -0.25) is 0 Å². The molecule has 12 aromatic rings. The summed E-state index contributed by atoms with van der Waals surface area (Å²) in [6, 6.07) is 18.5. The Morgan fingerprint density at radius 2 is 1.02 bits per heavy atom. The van der Waals surface area contributed by atoms with Gasteiger partial charge in [-0.1, -0.05) is 64.1 Å². The van der Waals surface area contributed by atoms with Gasteiger partial charge in [0.15, 0.2) is 59.4 Å². The smallest absolute Gasteiger partial charge is 0.492 e. The summed E-state index contributed by atoms with van der Waals surface area (Å²) in [5.74, 6) is -2.25. The van der Waals surface area contributed by atoms with Crippen LogP contribution in [-0.2, 0) is 86.7 Å². The van der Waals surface area contributed by atoms with Crippen LogP contribution >= 0.6 is 11.6 Å². The third-order valence-electron chi connectivity index (χ3n) is 18.0. The van der Waals surface area contributed by atoms with Gasteiger partial charge in [-0.05, 0) is 86.1 Å². The summed E-state index contributed by atoms with van der Waals surface area (Å²) in [6.07, 6.45) is 0.0443. The Balaban J connectivity index is 0.000000173. The number of hydrogen-bond acceptors (Lipinski definition) is 20. The number of nitrogens with one attached hydrogen (secondary N) is 1. The normalized spacial score (nSPS) is 12.9. The maximum absolute atomic E-state index is 16.2. The zero-order chi connectivity index (χ0) is 74.9. The molecule has 105 heavy (non-hydrogen) atoms. The van der Waals surface area contributed by atoms with Gasteiger partial charge in [-0.15, -0.1) is 0 Å². The van der Waals surface area contributed by atoms with Crippen molar-refractivity contribution >= 4 is 56.8 Å². The quantitative estimate of drug-likeness (QED) is 0.0695. The third kappa shape index (κ3) is 14.6. The van der Waals surface area contributed by atoms with Crippen molar-refractivity contribution in [1.29, 1.82) is 0 Å². The molecule has 0 saturated heterocycles. The van der Waals surface area contributed by atoms with E-state index in [2.05, 4.69) is 64.5 Å². The maximum Gasteiger partial charge on any atom is 0.519 e. The number of benzene rings is 4. The van der Waals surface area contributed by atoms with E-state index in [0.717, 1.165) is 98.2 Å². The van der Waals surface area contributed by atoms with E-state index in [4.69, 9.17) is 44.8 Å². The SMILES string of the molecule is CCc1cccc(CC)c1-n1nc2c(c1-c1cc(F)c(OC)c3[nH]ccc13)CN(c1ncc(C(F)(F)F)cn1)CC2.CCc1cccc(CC)c1-n1nc2c(c1-c1cc(F)c(OC)c3c1ccn3C(=O)OCc1oc(=O)oc1C)CN(c1ncc(C(F)(F)F)cn1)CC2.Cc1oc(=O)oc1COC(=O)Cl. The number of carbonyl (C=O) groups excluding carboxylic acids is 2. The molecule has 0 bridgehead atoms. The highest BCUT2D eigenvalue weighted by Gasteiger charge is 2.37. The molecule has 0 radical (unpaired) electrons. The zero-order valence-electron chi connectivity index (χ0n) is 57.4. The number of methoxy groups -OCH3 is 2. The average molecular weight is 1480 g/mol. The fourth-order valence-corrected chi connectivity index (χ4v) is 13.0. The molecule has 548 valence electrons. The fraction of sp³-hybridized carbons (Fsp3) is 0.306. The lowest BCUT2D eigenvalue weighted by Gasteiger charge is -2.27. The summed E-state index contributed by atoms with van der Waals surface area (Å²) in [5, 5.41) is 11.4. The van der Waals surface area contributed by atoms with Crippen LogP contribution < -0.4 is 30.9 Å². The number of ether oxygens (including phenoxy) is 4. The maximum atomic E-state index is 16.2. The minimum Gasteiger partial charge on any atom is -0.492 e. The van der Waals surface area contributed by atoms with Crippen LogP contribution in [0.15, 0.2) is 125 Å². The van der Waals surface area contributed by atoms with Crippen molar-refractivity contribution in [1.82, 2.24) is 49.0 Å². The number of H-pyrrole nitrogens is 1. The molecule has 2 aliphatic heterocycles. The first-order valence-electron chi connectivity index (χ1n) is 32.9. The van der Waals surface area contributed by atoms with Gasteiger partial charge in [0.05, 0.1) is 65.0 Å². The van der Waals surface area contributed by atoms with Crippen molar-refractivity contribution in [3.63, 3.8) is 0 Å². The number of aryl methyl sites for hydroxylation is 6. The summed E-state index contributed by atoms with van der Waals surface area (Å²) in [5.41, 5.74) is 9.12. The van der Waals surface area contributed by atoms with Gasteiger partial charge in [0.25, 0.3) is 0 Å². The average Bonchev–Trinajstić information content (AvgIpc) is 1.59. The molecule has 0 saturated carbocycles. The van der Waals surface area contributed by atoms with Crippen molar-refractivity contribution in [2.75, 3.05) is 37.1 Å². The van der Waals surface area contributed by atoms with Crippen LogP contribution in [0.4, 0.5) is 56.6 Å². The number of alkyl halides is 6. The molecule has 0 unspecified atom stereocenters. The number of halogens is 9. The largest absolute Gasteiger partial charge is 0.519 e. The zero-order valence-corrected chi connectivity index (χ0v) is 58.2. The van der Waals surface area contributed by atoms with E-state index in [1.165, 1.54) is 46.4 Å². The number of aromatic amines is 1. The molecule has 33 heteroatoms. The Labute approximate surface area is 595 Å². The highest BCUT2D eigenvalue weighted by Crippen LogP contribution is 2.45. The van der Waals surface area contributed by atoms with Crippen LogP contribution in [-0.4, -0.2) is 87.9 Å². The molecule has 0 fully saturated rings. The van der Waals surface area contributed by atoms with Crippen LogP contribution in [0.3, 0.4) is 0 Å². The molecule has 0 amide bonds. The molecule has 8 aromatic heterocycles. The number of para-hydroxylation sites is 2. The molecule has 0 aliphatic carbocycles. The van der Waals surface area contributed by atoms with E-state index >= 15 is 8.78 Å². The van der Waals surface area contributed by atoms with Crippen molar-refractivity contribution in [2.45, 2.75) is 119 Å². The first-order chi connectivity index (χ1) is 50.3. The van der Waals surface area contributed by atoms with Gasteiger partial charge >= 0.3 is 35.5 Å². The van der Waals surface area contributed by atoms with Crippen molar-refractivity contribution < 1.29 is 81.3 Å². The molecule has 0 atom stereocenters. The third-order valence-corrected chi connectivity index (χ3v) is 18.1. The fourth-order valence-electron chi connectivity index (χ4n) is 12.9. The van der Waals surface area contributed by atoms with Crippen molar-refractivity contribution in [3.05, 3.63) is 210 Å². The number of hydrogen-bond donors (Lipinski definition) is 1. The highest BCUT2D eigenvalue weighted by atomic mass is 35.5. The highest BCUT2D eigenvalue weighted by molar-refractivity contribution is 6.61. The van der Waals surface area contributed by atoms with Gasteiger partial charge < -0.3 is 51.4 Å². The molecular formula is C72H65ClF8N12O12. The molecule has 14 rings (SSSR count). The number of nitrogens with zero attached hydrogens (tertiary/aromatic N) is 11. The topological polar surface area (TPSA) is 272 Å². The lowest BCUT2D eigenvalue weighted by Crippen LogP contribution is -2.31. The number of aromatic nitrogens is 10. The Bertz CT molecular complexity index is 5320. The Morgan fingerprint density at radius 1 is 0.590 bits per heavy atom. The van der Waals surface area contributed by atoms with Crippen LogP contribution in [0.2, 0.25) is 0 Å². The molecule has 1 N–H and O–H groups in total. The predicted molar refractivity (Wildman–Crippen MR) is 365 cm³/mol. The second-order valence-corrected chi connectivity index (χ2v) is 24.4. The lowest BCUT2D eigenvalue weighted by atomic mass is 9.97. The first kappa shape index (κ1) is 73.2. The number of carbonyl (C=O) groups is 2. The van der Waals surface area contributed by atoms with E-state index in [1.54, 1.807) is 21.8 Å². The summed E-state index contributed by atoms with van der Waals surface area (Å²) in [4.78, 5) is 68.3. The molecule has 0 spiro atoms. The van der Waals surface area contributed by atoms with E-state index in [1.807, 2.05) is 53.8 Å². The minimum absolute atomic E-state index is 0.0204. The van der Waals surface area contributed by atoms with Gasteiger partial charge in [0, 0.05) is 121 Å². The summed E-state index contributed by atoms with van der Waals surface area (Å²) in [6.45, 7) is 11.9.